The Balaban J connectivity index is 1.72. The van der Waals surface area contributed by atoms with Gasteiger partial charge in [0.25, 0.3) is 11.7 Å². The normalized spacial score (nSPS) is 17.8. The Morgan fingerprint density at radius 3 is 2.26 bits per heavy atom. The number of amides is 1. The first kappa shape index (κ1) is 26.2. The van der Waals surface area contributed by atoms with Crippen LogP contribution >= 0.6 is 11.6 Å². The maximum absolute atomic E-state index is 13.6. The zero-order valence-corrected chi connectivity index (χ0v) is 22.6. The maximum atomic E-state index is 13.6. The summed E-state index contributed by atoms with van der Waals surface area (Å²) in [6, 6.07) is 14.4. The highest BCUT2D eigenvalue weighted by molar-refractivity contribution is 6.51. The molecule has 10 heteroatoms. The third kappa shape index (κ3) is 4.59. The molecule has 3 aromatic rings. The second-order valence-corrected chi connectivity index (χ2v) is 9.58. The fourth-order valence-corrected chi connectivity index (χ4v) is 4.98. The lowest BCUT2D eigenvalue weighted by Crippen LogP contribution is -2.29. The van der Waals surface area contributed by atoms with Crippen molar-refractivity contribution in [3.63, 3.8) is 0 Å². The predicted octanol–water partition coefficient (Wildman–Crippen LogP) is 4.82. The summed E-state index contributed by atoms with van der Waals surface area (Å²) in [7, 11) is 6.70. The Labute approximate surface area is 230 Å². The van der Waals surface area contributed by atoms with E-state index in [0.29, 0.717) is 41.7 Å². The number of nitrogens with zero attached hydrogens (tertiary/aromatic N) is 2. The van der Waals surface area contributed by atoms with Gasteiger partial charge < -0.3 is 29.0 Å². The number of ether oxygens (including phenoxy) is 4. The number of aliphatic hydroxyl groups is 1. The molecule has 1 saturated heterocycles. The van der Waals surface area contributed by atoms with E-state index in [4.69, 9.17) is 30.5 Å². The monoisotopic (exact) mass is 550 g/mol. The second-order valence-electron chi connectivity index (χ2n) is 9.17. The molecule has 1 fully saturated rings. The number of aliphatic hydroxyl groups excluding tert-OH is 1. The van der Waals surface area contributed by atoms with Gasteiger partial charge in [-0.15, -0.1) is 0 Å². The van der Waals surface area contributed by atoms with E-state index in [1.165, 1.54) is 31.3 Å². The minimum absolute atomic E-state index is 0.105. The van der Waals surface area contributed by atoms with Gasteiger partial charge in [-0.05, 0) is 35.9 Å². The topological polar surface area (TPSA) is 97.8 Å². The van der Waals surface area contributed by atoms with Crippen molar-refractivity contribution in [2.75, 3.05) is 51.3 Å². The second kappa shape index (κ2) is 10.4. The number of ketones is 1. The quantitative estimate of drug-likeness (QED) is 0.265. The molecule has 5 rings (SSSR count). The van der Waals surface area contributed by atoms with Gasteiger partial charge in [-0.2, -0.15) is 0 Å². The summed E-state index contributed by atoms with van der Waals surface area (Å²) in [5, 5.41) is 11.8. The molecule has 0 radical (unpaired) electrons. The average molecular weight is 551 g/mol. The molecule has 1 atom stereocenters. The molecule has 1 N–H and O–H groups in total. The highest BCUT2D eigenvalue weighted by Gasteiger charge is 2.47. The third-order valence-electron chi connectivity index (χ3n) is 6.70. The van der Waals surface area contributed by atoms with Gasteiger partial charge in [0.15, 0.2) is 11.5 Å². The van der Waals surface area contributed by atoms with E-state index >= 15 is 0 Å². The van der Waals surface area contributed by atoms with Gasteiger partial charge in [-0.1, -0.05) is 23.7 Å². The van der Waals surface area contributed by atoms with Crippen molar-refractivity contribution in [2.45, 2.75) is 6.04 Å². The minimum atomic E-state index is -0.950. The van der Waals surface area contributed by atoms with Gasteiger partial charge in [0, 0.05) is 37.6 Å². The van der Waals surface area contributed by atoms with Crippen LogP contribution in [0.3, 0.4) is 0 Å². The molecule has 0 aliphatic carbocycles. The van der Waals surface area contributed by atoms with Crippen LogP contribution in [0.25, 0.3) is 5.76 Å². The molecule has 2 aliphatic heterocycles. The Morgan fingerprint density at radius 2 is 1.62 bits per heavy atom. The molecular weight excluding hydrogens is 524 g/mol. The number of Topliss-reactive ketones (excluding diaryl/α,β-unsaturated/α-hetero) is 1. The third-order valence-corrected chi connectivity index (χ3v) is 7.00. The molecule has 1 unspecified atom stereocenters. The molecule has 9 nitrogen and oxygen atoms in total. The first-order valence-corrected chi connectivity index (χ1v) is 12.5. The van der Waals surface area contributed by atoms with E-state index in [-0.39, 0.29) is 21.9 Å². The summed E-state index contributed by atoms with van der Waals surface area (Å²) in [6.45, 7) is 0.782. The van der Waals surface area contributed by atoms with Crippen LogP contribution in [0.1, 0.15) is 17.2 Å². The number of fused-ring (bicyclic) bond motifs is 1. The SMILES string of the molecule is COc1cc(OC)c(/C(O)=C2\C(=O)C(=O)N(c3ccc4c(c3)OCCO4)C2c2ccc(N(C)C)cc2)cc1Cl. The number of benzene rings is 3. The molecule has 2 heterocycles. The number of carbonyl (C=O) groups is 2. The van der Waals surface area contributed by atoms with Crippen LogP contribution in [-0.2, 0) is 9.59 Å². The highest BCUT2D eigenvalue weighted by Crippen LogP contribution is 2.46. The Bertz CT molecular complexity index is 1480. The van der Waals surface area contributed by atoms with Gasteiger partial charge in [0.1, 0.15) is 30.5 Å². The lowest BCUT2D eigenvalue weighted by molar-refractivity contribution is -0.132. The highest BCUT2D eigenvalue weighted by atomic mass is 35.5. The largest absolute Gasteiger partial charge is 0.507 e. The lowest BCUT2D eigenvalue weighted by atomic mass is 9.94. The summed E-state index contributed by atoms with van der Waals surface area (Å²) < 4.78 is 22.1. The van der Waals surface area contributed by atoms with Crippen molar-refractivity contribution in [3.8, 4) is 23.0 Å². The Morgan fingerprint density at radius 1 is 0.949 bits per heavy atom. The number of methoxy groups -OCH3 is 2. The fraction of sp³-hybridized carbons (Fsp3) is 0.241. The first-order valence-electron chi connectivity index (χ1n) is 12.1. The van der Waals surface area contributed by atoms with E-state index in [1.54, 1.807) is 18.2 Å². The van der Waals surface area contributed by atoms with Crippen molar-refractivity contribution in [3.05, 3.63) is 76.3 Å². The van der Waals surface area contributed by atoms with Crippen LogP contribution in [0, 0.1) is 0 Å². The Hall–Kier alpha value is -4.37. The van der Waals surface area contributed by atoms with E-state index in [9.17, 15) is 14.7 Å². The molecule has 0 spiro atoms. The molecule has 0 bridgehead atoms. The number of hydrogen-bond acceptors (Lipinski definition) is 8. The number of anilines is 2. The van der Waals surface area contributed by atoms with Crippen molar-refractivity contribution in [1.29, 1.82) is 0 Å². The van der Waals surface area contributed by atoms with Crippen molar-refractivity contribution >= 4 is 40.4 Å². The number of carbonyl (C=O) groups excluding carboxylic acids is 2. The molecule has 3 aromatic carbocycles. The lowest BCUT2D eigenvalue weighted by Gasteiger charge is -2.27. The first-order chi connectivity index (χ1) is 18.7. The van der Waals surface area contributed by atoms with Gasteiger partial charge in [-0.3, -0.25) is 14.5 Å². The van der Waals surface area contributed by atoms with Crippen LogP contribution in [0.2, 0.25) is 5.02 Å². The summed E-state index contributed by atoms with van der Waals surface area (Å²) in [5.74, 6) is -0.501. The zero-order chi connectivity index (χ0) is 27.8. The summed E-state index contributed by atoms with van der Waals surface area (Å²) in [4.78, 5) is 30.5. The van der Waals surface area contributed by atoms with E-state index in [1.807, 2.05) is 43.3 Å². The Kier molecular flexibility index (Phi) is 7.01. The van der Waals surface area contributed by atoms with Crippen molar-refractivity contribution < 1.29 is 33.6 Å². The fourth-order valence-electron chi connectivity index (χ4n) is 4.74. The van der Waals surface area contributed by atoms with Gasteiger partial charge in [0.2, 0.25) is 0 Å². The van der Waals surface area contributed by atoms with Gasteiger partial charge >= 0.3 is 0 Å². The van der Waals surface area contributed by atoms with Crippen LogP contribution in [0.5, 0.6) is 23.0 Å². The van der Waals surface area contributed by atoms with Crippen LogP contribution in [0.15, 0.2) is 60.2 Å². The summed E-state index contributed by atoms with van der Waals surface area (Å²) in [6.07, 6.45) is 0. The standard InChI is InChI=1S/C29H27ClN2O7/c1-31(2)17-7-5-16(6-8-17)26-25(27(33)19-14-20(30)23(37-4)15-22(19)36-3)28(34)29(35)32(26)18-9-10-21-24(13-18)39-12-11-38-21/h5-10,13-15,26,33H,11-12H2,1-4H3/b27-25+. The number of rotatable bonds is 6. The smallest absolute Gasteiger partial charge is 0.300 e. The zero-order valence-electron chi connectivity index (χ0n) is 21.9. The molecule has 0 saturated carbocycles. The van der Waals surface area contributed by atoms with E-state index in [2.05, 4.69) is 0 Å². The van der Waals surface area contributed by atoms with Crippen LogP contribution < -0.4 is 28.7 Å². The van der Waals surface area contributed by atoms with Crippen molar-refractivity contribution in [2.24, 2.45) is 0 Å². The van der Waals surface area contributed by atoms with E-state index < -0.39 is 23.5 Å². The summed E-state index contributed by atoms with van der Waals surface area (Å²) in [5.41, 5.74) is 2.01. The average Bonchev–Trinajstić information content (AvgIpc) is 3.22. The molecule has 1 amide bonds. The van der Waals surface area contributed by atoms with Crippen LogP contribution in [0.4, 0.5) is 11.4 Å². The van der Waals surface area contributed by atoms with Crippen molar-refractivity contribution in [1.82, 2.24) is 0 Å². The number of halogens is 1. The molecular formula is C29H27ClN2O7. The predicted molar refractivity (Wildman–Crippen MR) is 148 cm³/mol. The molecule has 2 aliphatic rings. The summed E-state index contributed by atoms with van der Waals surface area (Å²) >= 11 is 6.36. The molecule has 202 valence electrons. The molecule has 0 aromatic heterocycles. The van der Waals surface area contributed by atoms with E-state index in [0.717, 1.165) is 5.69 Å². The van der Waals surface area contributed by atoms with Gasteiger partial charge in [-0.25, -0.2) is 0 Å². The van der Waals surface area contributed by atoms with Crippen LogP contribution in [-0.4, -0.2) is 58.3 Å². The molecule has 39 heavy (non-hydrogen) atoms. The minimum Gasteiger partial charge on any atom is -0.507 e. The number of hydrogen-bond donors (Lipinski definition) is 1. The van der Waals surface area contributed by atoms with Gasteiger partial charge in [0.05, 0.1) is 36.4 Å². The maximum Gasteiger partial charge on any atom is 0.300 e.